The first-order valence-electron chi connectivity index (χ1n) is 3.90. The average Bonchev–Trinajstić information content (AvgIpc) is 2.43. The molecule has 0 atom stereocenters. The summed E-state index contributed by atoms with van der Waals surface area (Å²) in [6.45, 7) is 1.78. The van der Waals surface area contributed by atoms with Gasteiger partial charge in [-0.1, -0.05) is 58.2 Å². The molecule has 2 rings (SSSR count). The van der Waals surface area contributed by atoms with E-state index in [2.05, 4.69) is 22.2 Å². The van der Waals surface area contributed by atoms with E-state index in [1.54, 1.807) is 6.92 Å². The van der Waals surface area contributed by atoms with Crippen molar-refractivity contribution in [1.29, 1.82) is 0 Å². The van der Waals surface area contributed by atoms with Gasteiger partial charge in [0.2, 0.25) is 7.33 Å². The summed E-state index contributed by atoms with van der Waals surface area (Å²) in [4.78, 5) is 15.8. The lowest BCUT2D eigenvalue weighted by Gasteiger charge is -1.90. The molecule has 0 unspecified atom stereocenters. The van der Waals surface area contributed by atoms with E-state index >= 15 is 0 Å². The van der Waals surface area contributed by atoms with Crippen LogP contribution in [0.3, 0.4) is 0 Å². The Kier molecular flexibility index (Phi) is 4.66. The van der Waals surface area contributed by atoms with Gasteiger partial charge in [-0.15, -0.1) is 0 Å². The highest BCUT2D eigenvalue weighted by molar-refractivity contribution is 8.16. The third-order valence-electron chi connectivity index (χ3n) is 1.45. The molecule has 0 amide bonds. The van der Waals surface area contributed by atoms with E-state index in [1.807, 2.05) is 0 Å². The minimum atomic E-state index is -0.962. The van der Waals surface area contributed by atoms with Crippen molar-refractivity contribution < 1.29 is 0 Å². The second kappa shape index (κ2) is 5.08. The molecule has 3 nitrogen and oxygen atoms in total. The van der Waals surface area contributed by atoms with E-state index in [-0.39, 0.29) is 5.56 Å². The monoisotopic (exact) mass is 338 g/mol. The summed E-state index contributed by atoms with van der Waals surface area (Å²) in [6, 6.07) is 1.45. The SMILES string of the molecule is Cc1cc(=O)[nH]c(=S)[nH]1.ClC1(Cl)SC1(Cl)Cl. The molecule has 0 aliphatic carbocycles. The van der Waals surface area contributed by atoms with Crippen LogP contribution in [0.15, 0.2) is 10.9 Å². The summed E-state index contributed by atoms with van der Waals surface area (Å²) in [7, 11) is 0. The zero-order valence-electron chi connectivity index (χ0n) is 7.81. The number of hydrogen-bond donors (Lipinski definition) is 2. The summed E-state index contributed by atoms with van der Waals surface area (Å²) in [5, 5.41) is 0. The Morgan fingerprint density at radius 1 is 1.25 bits per heavy atom. The molecule has 16 heavy (non-hydrogen) atoms. The maximum Gasteiger partial charge on any atom is 0.251 e. The van der Waals surface area contributed by atoms with Gasteiger partial charge < -0.3 is 4.98 Å². The van der Waals surface area contributed by atoms with Gasteiger partial charge in [-0.25, -0.2) is 0 Å². The van der Waals surface area contributed by atoms with Gasteiger partial charge in [-0.3, -0.25) is 9.78 Å². The molecule has 1 fully saturated rings. The number of hydrogen-bond acceptors (Lipinski definition) is 3. The summed E-state index contributed by atoms with van der Waals surface area (Å²) in [5.41, 5.74) is 0.625. The highest BCUT2D eigenvalue weighted by atomic mass is 35.5. The molecule has 90 valence electrons. The van der Waals surface area contributed by atoms with Crippen LogP contribution in [-0.4, -0.2) is 17.3 Å². The lowest BCUT2D eigenvalue weighted by molar-refractivity contribution is 1.04. The van der Waals surface area contributed by atoms with Gasteiger partial charge in [0.05, 0.1) is 0 Å². The first-order chi connectivity index (χ1) is 7.14. The van der Waals surface area contributed by atoms with Crippen molar-refractivity contribution in [2.75, 3.05) is 0 Å². The number of halogens is 4. The number of thioether (sulfide) groups is 1. The van der Waals surface area contributed by atoms with E-state index in [9.17, 15) is 4.79 Å². The molecule has 1 saturated heterocycles. The minimum Gasteiger partial charge on any atom is -0.336 e. The molecule has 1 aliphatic rings. The summed E-state index contributed by atoms with van der Waals surface area (Å²) in [6.07, 6.45) is 0. The Hall–Kier alpha value is 0.610. The Morgan fingerprint density at radius 3 is 1.94 bits per heavy atom. The standard InChI is InChI=1S/C5H6N2OS.C2Cl4S/c1-3-2-4(8)7-5(9)6-3;3-1(4)2(5,6)7-1/h2H,1H3,(H2,6,7,8,9);. The molecule has 0 saturated carbocycles. The molecule has 1 aromatic rings. The topological polar surface area (TPSA) is 48.6 Å². The third-order valence-corrected chi connectivity index (χ3v) is 5.47. The Morgan fingerprint density at radius 2 is 1.69 bits per heavy atom. The molecular weight excluding hydrogens is 334 g/mol. The first kappa shape index (κ1) is 14.7. The molecule has 0 aromatic carbocycles. The third kappa shape index (κ3) is 4.13. The van der Waals surface area contributed by atoms with Gasteiger partial charge in [-0.05, 0) is 19.1 Å². The Balaban J connectivity index is 0.000000165. The molecule has 9 heteroatoms. The van der Waals surface area contributed by atoms with E-state index in [1.165, 1.54) is 6.07 Å². The molecule has 0 radical (unpaired) electrons. The fourth-order valence-electron chi connectivity index (χ4n) is 0.727. The van der Waals surface area contributed by atoms with E-state index in [0.717, 1.165) is 17.5 Å². The smallest absolute Gasteiger partial charge is 0.251 e. The minimum absolute atomic E-state index is 0.156. The largest absolute Gasteiger partial charge is 0.336 e. The quantitative estimate of drug-likeness (QED) is 0.430. The molecule has 1 aromatic heterocycles. The number of alkyl halides is 4. The second-order valence-electron chi connectivity index (χ2n) is 2.91. The van der Waals surface area contributed by atoms with Crippen molar-refractivity contribution in [3.63, 3.8) is 0 Å². The summed E-state index contributed by atoms with van der Waals surface area (Å²) >= 11 is 27.4. The average molecular weight is 340 g/mol. The van der Waals surface area contributed by atoms with Crippen LogP contribution in [0.5, 0.6) is 0 Å². The van der Waals surface area contributed by atoms with E-state index in [4.69, 9.17) is 46.4 Å². The van der Waals surface area contributed by atoms with Crippen molar-refractivity contribution >= 4 is 70.4 Å². The predicted octanol–water partition coefficient (Wildman–Crippen LogP) is 3.74. The molecular formula is C7H6Cl4N2OS2. The number of aromatic amines is 2. The van der Waals surface area contributed by atoms with Crippen LogP contribution in [0.4, 0.5) is 0 Å². The highest BCUT2D eigenvalue weighted by Gasteiger charge is 2.67. The van der Waals surface area contributed by atoms with Crippen LogP contribution in [0.1, 0.15) is 5.69 Å². The summed E-state index contributed by atoms with van der Waals surface area (Å²) < 4.78 is -1.55. The maximum atomic E-state index is 10.6. The zero-order chi connectivity index (χ0) is 12.6. The van der Waals surface area contributed by atoms with E-state index in [0.29, 0.717) is 4.77 Å². The van der Waals surface area contributed by atoms with Gasteiger partial charge in [0.1, 0.15) is 0 Å². The number of aryl methyl sites for hydroxylation is 1. The van der Waals surface area contributed by atoms with Crippen LogP contribution >= 0.6 is 70.4 Å². The number of rotatable bonds is 0. The Bertz CT molecular complexity index is 455. The van der Waals surface area contributed by atoms with Crippen molar-refractivity contribution in [2.45, 2.75) is 14.3 Å². The van der Waals surface area contributed by atoms with Gasteiger partial charge in [0, 0.05) is 11.8 Å². The molecule has 1 aliphatic heterocycles. The van der Waals surface area contributed by atoms with Crippen molar-refractivity contribution in [1.82, 2.24) is 9.97 Å². The van der Waals surface area contributed by atoms with Gasteiger partial charge in [0.15, 0.2) is 4.77 Å². The maximum absolute atomic E-state index is 10.6. The van der Waals surface area contributed by atoms with Crippen LogP contribution < -0.4 is 5.56 Å². The molecule has 2 N–H and O–H groups in total. The molecule has 0 bridgehead atoms. The van der Waals surface area contributed by atoms with Gasteiger partial charge in [-0.2, -0.15) is 0 Å². The van der Waals surface area contributed by atoms with Crippen molar-refractivity contribution in [3.05, 3.63) is 26.9 Å². The fraction of sp³-hybridized carbons (Fsp3) is 0.429. The second-order valence-corrected chi connectivity index (χ2v) is 8.29. The lowest BCUT2D eigenvalue weighted by atomic mass is 10.5. The number of nitrogens with one attached hydrogen (secondary N) is 2. The van der Waals surface area contributed by atoms with Crippen LogP contribution in [0.25, 0.3) is 0 Å². The van der Waals surface area contributed by atoms with E-state index < -0.39 is 7.33 Å². The van der Waals surface area contributed by atoms with Crippen LogP contribution in [-0.2, 0) is 0 Å². The first-order valence-corrected chi connectivity index (χ1v) is 6.64. The predicted molar refractivity (Wildman–Crippen MR) is 73.4 cm³/mol. The van der Waals surface area contributed by atoms with Crippen LogP contribution in [0, 0.1) is 11.7 Å². The Labute approximate surface area is 121 Å². The molecule has 0 spiro atoms. The van der Waals surface area contributed by atoms with Crippen molar-refractivity contribution in [3.8, 4) is 0 Å². The zero-order valence-corrected chi connectivity index (χ0v) is 12.5. The van der Waals surface area contributed by atoms with Gasteiger partial charge in [0.25, 0.3) is 5.56 Å². The summed E-state index contributed by atoms with van der Waals surface area (Å²) in [5.74, 6) is 0. The van der Waals surface area contributed by atoms with Crippen LogP contribution in [0.2, 0.25) is 0 Å². The fourth-order valence-corrected chi connectivity index (χ4v) is 3.12. The number of H-pyrrole nitrogens is 2. The normalized spacial score (nSPS) is 19.6. The molecule has 2 heterocycles. The van der Waals surface area contributed by atoms with Gasteiger partial charge >= 0.3 is 0 Å². The van der Waals surface area contributed by atoms with Crippen molar-refractivity contribution in [2.24, 2.45) is 0 Å². The number of aromatic nitrogens is 2. The highest BCUT2D eigenvalue weighted by Crippen LogP contribution is 2.74. The lowest BCUT2D eigenvalue weighted by Crippen LogP contribution is -2.05.